The zero-order valence-electron chi connectivity index (χ0n) is 20.4. The fourth-order valence-electron chi connectivity index (χ4n) is 2.33. The largest absolute Gasteiger partial charge is 0.463 e. The summed E-state index contributed by atoms with van der Waals surface area (Å²) in [5, 5.41) is 0. The van der Waals surface area contributed by atoms with Gasteiger partial charge in [0.25, 0.3) is 0 Å². The lowest BCUT2D eigenvalue weighted by atomic mass is 10.2. The second kappa shape index (κ2) is 17.9. The van der Waals surface area contributed by atoms with Crippen LogP contribution in [0.4, 0.5) is 0 Å². The predicted octanol–water partition coefficient (Wildman–Crippen LogP) is 3.03. The lowest BCUT2D eigenvalue weighted by Gasteiger charge is -2.16. The van der Waals surface area contributed by atoms with Gasteiger partial charge >= 0.3 is 29.8 Å². The SMILES string of the molecule is CCCCOC(=O)C(C)OC(=O)CCCCC(=O)OC(C)C(=O)OC(C)C(=O)OCCCC. The summed E-state index contributed by atoms with van der Waals surface area (Å²) in [7, 11) is 0. The lowest BCUT2D eigenvalue weighted by molar-refractivity contribution is -0.176. The molecule has 0 aliphatic carbocycles. The van der Waals surface area contributed by atoms with E-state index in [9.17, 15) is 24.0 Å². The van der Waals surface area contributed by atoms with Crippen LogP contribution >= 0.6 is 0 Å². The summed E-state index contributed by atoms with van der Waals surface area (Å²) in [4.78, 5) is 59.1. The summed E-state index contributed by atoms with van der Waals surface area (Å²) < 4.78 is 24.9. The predicted molar refractivity (Wildman–Crippen MR) is 117 cm³/mol. The Balaban J connectivity index is 4.08. The fraction of sp³-hybridized carbons (Fsp3) is 0.783. The average Bonchev–Trinajstić information content (AvgIpc) is 2.76. The average molecular weight is 475 g/mol. The summed E-state index contributed by atoms with van der Waals surface area (Å²) in [5.41, 5.74) is 0. The monoisotopic (exact) mass is 474 g/mol. The van der Waals surface area contributed by atoms with Gasteiger partial charge in [0.2, 0.25) is 0 Å². The normalized spacial score (nSPS) is 13.2. The molecule has 0 fully saturated rings. The molecule has 10 nitrogen and oxygen atoms in total. The van der Waals surface area contributed by atoms with Gasteiger partial charge in [0.05, 0.1) is 13.2 Å². The van der Waals surface area contributed by atoms with E-state index in [2.05, 4.69) is 0 Å². The summed E-state index contributed by atoms with van der Waals surface area (Å²) in [6.07, 6.45) is 0.587. The topological polar surface area (TPSA) is 132 Å². The lowest BCUT2D eigenvalue weighted by Crippen LogP contribution is -2.33. The van der Waals surface area contributed by atoms with Gasteiger partial charge in [-0.2, -0.15) is 0 Å². The van der Waals surface area contributed by atoms with Crippen LogP contribution in [0.3, 0.4) is 0 Å². The van der Waals surface area contributed by atoms with Gasteiger partial charge in [-0.3, -0.25) is 9.59 Å². The van der Waals surface area contributed by atoms with Crippen molar-refractivity contribution < 1.29 is 47.7 Å². The molecule has 0 bridgehead atoms. The molecule has 0 saturated carbocycles. The first-order valence-corrected chi connectivity index (χ1v) is 11.5. The molecule has 0 aromatic carbocycles. The number of unbranched alkanes of at least 4 members (excludes halogenated alkanes) is 3. The Hall–Kier alpha value is -2.65. The molecule has 0 saturated heterocycles. The van der Waals surface area contributed by atoms with E-state index in [1.54, 1.807) is 0 Å². The molecule has 0 N–H and O–H groups in total. The molecule has 0 amide bonds. The first-order chi connectivity index (χ1) is 15.6. The number of carbonyl (C=O) groups excluding carboxylic acids is 5. The van der Waals surface area contributed by atoms with Gasteiger partial charge in [-0.15, -0.1) is 0 Å². The number of hydrogen-bond donors (Lipinski definition) is 0. The van der Waals surface area contributed by atoms with E-state index in [-0.39, 0.29) is 26.1 Å². The molecule has 3 atom stereocenters. The van der Waals surface area contributed by atoms with Gasteiger partial charge in [0.15, 0.2) is 18.3 Å². The van der Waals surface area contributed by atoms with Crippen molar-refractivity contribution in [2.24, 2.45) is 0 Å². The Morgan fingerprint density at radius 3 is 1.30 bits per heavy atom. The summed E-state index contributed by atoms with van der Waals surface area (Å²) in [5.74, 6) is -3.32. The van der Waals surface area contributed by atoms with Crippen molar-refractivity contribution in [1.29, 1.82) is 0 Å². The van der Waals surface area contributed by atoms with Gasteiger partial charge in [0, 0.05) is 12.8 Å². The zero-order chi connectivity index (χ0) is 25.2. The van der Waals surface area contributed by atoms with Crippen molar-refractivity contribution in [1.82, 2.24) is 0 Å². The minimum absolute atomic E-state index is 0.0197. The molecule has 0 aromatic heterocycles. The number of hydrogen-bond acceptors (Lipinski definition) is 10. The molecule has 0 aliphatic heterocycles. The number of esters is 5. The van der Waals surface area contributed by atoms with E-state index in [0.717, 1.165) is 19.3 Å². The first-order valence-electron chi connectivity index (χ1n) is 11.5. The van der Waals surface area contributed by atoms with Crippen molar-refractivity contribution in [3.05, 3.63) is 0 Å². The molecule has 0 heterocycles. The third-order valence-electron chi connectivity index (χ3n) is 4.40. The highest BCUT2D eigenvalue weighted by Gasteiger charge is 2.25. The number of ether oxygens (including phenoxy) is 5. The third kappa shape index (κ3) is 14.9. The van der Waals surface area contributed by atoms with E-state index >= 15 is 0 Å². The van der Waals surface area contributed by atoms with Gasteiger partial charge in [-0.25, -0.2) is 14.4 Å². The van der Waals surface area contributed by atoms with Crippen molar-refractivity contribution in [3.8, 4) is 0 Å². The standard InChI is InChI=1S/C23H38O10/c1-6-8-14-29-21(26)16(3)31-19(24)12-10-11-13-20(25)32-18(5)23(28)33-17(4)22(27)30-15-9-7-2/h16-18H,6-15H2,1-5H3. The molecular formula is C23H38O10. The summed E-state index contributed by atoms with van der Waals surface area (Å²) in [6, 6.07) is 0. The molecule has 190 valence electrons. The second-order valence-corrected chi connectivity index (χ2v) is 7.59. The minimum atomic E-state index is -1.19. The molecule has 3 unspecified atom stereocenters. The van der Waals surface area contributed by atoms with Crippen LogP contribution in [-0.2, 0) is 47.7 Å². The Kier molecular flexibility index (Phi) is 16.4. The van der Waals surface area contributed by atoms with Crippen LogP contribution in [0.1, 0.15) is 86.0 Å². The minimum Gasteiger partial charge on any atom is -0.463 e. The first kappa shape index (κ1) is 30.4. The molecule has 0 spiro atoms. The maximum absolute atomic E-state index is 12.0. The second-order valence-electron chi connectivity index (χ2n) is 7.59. The Morgan fingerprint density at radius 1 is 0.545 bits per heavy atom. The molecule has 0 aromatic rings. The quantitative estimate of drug-likeness (QED) is 0.176. The van der Waals surface area contributed by atoms with Gasteiger partial charge in [-0.05, 0) is 46.5 Å². The van der Waals surface area contributed by atoms with E-state index in [4.69, 9.17) is 23.7 Å². The molecule has 33 heavy (non-hydrogen) atoms. The van der Waals surface area contributed by atoms with Crippen LogP contribution in [0.2, 0.25) is 0 Å². The van der Waals surface area contributed by atoms with E-state index in [0.29, 0.717) is 19.3 Å². The Labute approximate surface area is 195 Å². The van der Waals surface area contributed by atoms with Crippen molar-refractivity contribution in [3.63, 3.8) is 0 Å². The van der Waals surface area contributed by atoms with Crippen LogP contribution in [0.25, 0.3) is 0 Å². The highest BCUT2D eigenvalue weighted by molar-refractivity contribution is 5.83. The summed E-state index contributed by atoms with van der Waals surface area (Å²) in [6.45, 7) is 8.61. The smallest absolute Gasteiger partial charge is 0.347 e. The van der Waals surface area contributed by atoms with E-state index in [1.165, 1.54) is 20.8 Å². The van der Waals surface area contributed by atoms with Crippen molar-refractivity contribution in [2.75, 3.05) is 13.2 Å². The van der Waals surface area contributed by atoms with Crippen LogP contribution < -0.4 is 0 Å². The molecule has 0 rings (SSSR count). The highest BCUT2D eigenvalue weighted by Crippen LogP contribution is 2.08. The molecule has 10 heteroatoms. The van der Waals surface area contributed by atoms with Gasteiger partial charge in [0.1, 0.15) is 0 Å². The highest BCUT2D eigenvalue weighted by atomic mass is 16.6. The molecule has 0 radical (unpaired) electrons. The molecule has 0 aliphatic rings. The zero-order valence-corrected chi connectivity index (χ0v) is 20.4. The number of rotatable bonds is 17. The maximum Gasteiger partial charge on any atom is 0.347 e. The van der Waals surface area contributed by atoms with E-state index < -0.39 is 48.2 Å². The van der Waals surface area contributed by atoms with Crippen molar-refractivity contribution in [2.45, 2.75) is 104 Å². The Morgan fingerprint density at radius 2 is 0.909 bits per heavy atom. The Bertz CT molecular complexity index is 631. The van der Waals surface area contributed by atoms with Crippen LogP contribution in [-0.4, -0.2) is 61.4 Å². The fourth-order valence-corrected chi connectivity index (χ4v) is 2.33. The van der Waals surface area contributed by atoms with Crippen LogP contribution in [0.5, 0.6) is 0 Å². The number of carbonyl (C=O) groups is 5. The maximum atomic E-state index is 12.0. The van der Waals surface area contributed by atoms with Crippen LogP contribution in [0, 0.1) is 0 Å². The van der Waals surface area contributed by atoms with Crippen molar-refractivity contribution >= 4 is 29.8 Å². The summed E-state index contributed by atoms with van der Waals surface area (Å²) >= 11 is 0. The van der Waals surface area contributed by atoms with Crippen LogP contribution in [0.15, 0.2) is 0 Å². The molecular weight excluding hydrogens is 436 g/mol. The third-order valence-corrected chi connectivity index (χ3v) is 4.40. The van der Waals surface area contributed by atoms with Gasteiger partial charge < -0.3 is 23.7 Å². The van der Waals surface area contributed by atoms with E-state index in [1.807, 2.05) is 13.8 Å². The van der Waals surface area contributed by atoms with Gasteiger partial charge in [-0.1, -0.05) is 26.7 Å².